The van der Waals surface area contributed by atoms with Gasteiger partial charge in [-0.25, -0.2) is 4.98 Å². The second-order valence-electron chi connectivity index (χ2n) is 8.33. The number of para-hydroxylation sites is 2. The Labute approximate surface area is 188 Å². The molecule has 1 aliphatic carbocycles. The van der Waals surface area contributed by atoms with Crippen molar-refractivity contribution >= 4 is 28.5 Å². The van der Waals surface area contributed by atoms with Gasteiger partial charge in [0.15, 0.2) is 0 Å². The maximum Gasteiger partial charge on any atom is 0.223 e. The van der Waals surface area contributed by atoms with E-state index in [0.29, 0.717) is 11.6 Å². The zero-order valence-electron chi connectivity index (χ0n) is 18.0. The number of halogens is 1. The molecule has 0 radical (unpaired) electrons. The predicted molar refractivity (Wildman–Crippen MR) is 124 cm³/mol. The third kappa shape index (κ3) is 5.40. The molecule has 3 aromatic rings. The van der Waals surface area contributed by atoms with Crippen LogP contribution in [-0.4, -0.2) is 22.1 Å². The first kappa shape index (κ1) is 21.7. The summed E-state index contributed by atoms with van der Waals surface area (Å²) in [7, 11) is 0. The number of ether oxygens (including phenoxy) is 1. The van der Waals surface area contributed by atoms with E-state index >= 15 is 0 Å². The largest absolute Gasteiger partial charge is 0.494 e. The van der Waals surface area contributed by atoms with Crippen LogP contribution in [0.5, 0.6) is 5.75 Å². The lowest BCUT2D eigenvalue weighted by molar-refractivity contribution is -0.126. The molecule has 31 heavy (non-hydrogen) atoms. The number of nitrogens with zero attached hydrogens (tertiary/aromatic N) is 2. The summed E-state index contributed by atoms with van der Waals surface area (Å²) in [5, 5.41) is 3.92. The zero-order chi connectivity index (χ0) is 21.6. The van der Waals surface area contributed by atoms with Crippen LogP contribution in [0, 0.1) is 5.92 Å². The highest BCUT2D eigenvalue weighted by atomic mass is 35.5. The third-order valence-corrected chi connectivity index (χ3v) is 6.27. The van der Waals surface area contributed by atoms with Gasteiger partial charge in [0.2, 0.25) is 5.91 Å². The van der Waals surface area contributed by atoms with Crippen LogP contribution < -0.4 is 10.1 Å². The molecule has 0 spiro atoms. The fourth-order valence-electron chi connectivity index (χ4n) is 4.36. The fourth-order valence-corrected chi connectivity index (χ4v) is 4.49. The highest BCUT2D eigenvalue weighted by molar-refractivity contribution is 6.30. The maximum absolute atomic E-state index is 12.8. The Morgan fingerprint density at radius 3 is 2.68 bits per heavy atom. The van der Waals surface area contributed by atoms with E-state index in [1.807, 2.05) is 49.4 Å². The summed E-state index contributed by atoms with van der Waals surface area (Å²) in [4.78, 5) is 17.6. The Bertz CT molecular complexity index is 1010. The van der Waals surface area contributed by atoms with E-state index in [2.05, 4.69) is 16.0 Å². The molecule has 1 heterocycles. The third-order valence-electron chi connectivity index (χ3n) is 6.01. The zero-order valence-corrected chi connectivity index (χ0v) is 18.8. The summed E-state index contributed by atoms with van der Waals surface area (Å²) in [6.45, 7) is 3.39. The molecule has 5 nitrogen and oxygen atoms in total. The first-order valence-corrected chi connectivity index (χ1v) is 11.6. The van der Waals surface area contributed by atoms with Crippen molar-refractivity contribution in [3.8, 4) is 5.75 Å². The van der Waals surface area contributed by atoms with Gasteiger partial charge in [0, 0.05) is 17.5 Å². The lowest BCUT2D eigenvalue weighted by Crippen LogP contribution is -2.35. The van der Waals surface area contributed by atoms with E-state index in [4.69, 9.17) is 21.3 Å². The second-order valence-corrected chi connectivity index (χ2v) is 8.77. The molecule has 1 amide bonds. The van der Waals surface area contributed by atoms with Crippen LogP contribution in [-0.2, 0) is 11.3 Å². The molecule has 0 saturated heterocycles. The lowest BCUT2D eigenvalue weighted by Gasteiger charge is -2.23. The van der Waals surface area contributed by atoms with Gasteiger partial charge in [0.25, 0.3) is 0 Å². The Hall–Kier alpha value is -2.53. The Morgan fingerprint density at radius 2 is 1.90 bits per heavy atom. The van der Waals surface area contributed by atoms with Crippen molar-refractivity contribution in [2.45, 2.75) is 58.0 Å². The number of carbonyl (C=O) groups is 1. The number of aryl methyl sites for hydroxylation is 1. The predicted octanol–water partition coefficient (Wildman–Crippen LogP) is 5.92. The smallest absolute Gasteiger partial charge is 0.223 e. The lowest BCUT2D eigenvalue weighted by atomic mass is 9.88. The van der Waals surface area contributed by atoms with E-state index in [0.717, 1.165) is 61.3 Å². The fraction of sp³-hybridized carbons (Fsp3) is 0.440. The summed E-state index contributed by atoms with van der Waals surface area (Å²) in [6.07, 6.45) is 6.37. The van der Waals surface area contributed by atoms with Crippen molar-refractivity contribution in [1.82, 2.24) is 14.9 Å². The molecule has 4 rings (SSSR count). The molecule has 1 aromatic heterocycles. The quantitative estimate of drug-likeness (QED) is 0.443. The van der Waals surface area contributed by atoms with Crippen molar-refractivity contribution in [2.24, 2.45) is 5.92 Å². The van der Waals surface area contributed by atoms with Crippen LogP contribution >= 0.6 is 11.6 Å². The maximum atomic E-state index is 12.8. The van der Waals surface area contributed by atoms with Crippen molar-refractivity contribution in [2.75, 3.05) is 6.61 Å². The van der Waals surface area contributed by atoms with Crippen molar-refractivity contribution < 1.29 is 9.53 Å². The van der Waals surface area contributed by atoms with E-state index < -0.39 is 0 Å². The second kappa shape index (κ2) is 10.2. The van der Waals surface area contributed by atoms with Crippen LogP contribution in [0.4, 0.5) is 0 Å². The van der Waals surface area contributed by atoms with E-state index in [9.17, 15) is 4.79 Å². The minimum atomic E-state index is -0.140. The summed E-state index contributed by atoms with van der Waals surface area (Å²) in [5.74, 6) is 2.02. The van der Waals surface area contributed by atoms with Crippen LogP contribution in [0.3, 0.4) is 0 Å². The summed E-state index contributed by atoms with van der Waals surface area (Å²) >= 11 is 5.93. The summed E-state index contributed by atoms with van der Waals surface area (Å²) < 4.78 is 8.07. The van der Waals surface area contributed by atoms with Gasteiger partial charge in [-0.1, -0.05) is 43.0 Å². The van der Waals surface area contributed by atoms with Gasteiger partial charge in [0.1, 0.15) is 11.6 Å². The molecule has 1 fully saturated rings. The van der Waals surface area contributed by atoms with Crippen LogP contribution in [0.2, 0.25) is 5.02 Å². The molecule has 6 heteroatoms. The molecule has 1 saturated carbocycles. The van der Waals surface area contributed by atoms with E-state index in [-0.39, 0.29) is 17.9 Å². The highest BCUT2D eigenvalue weighted by Gasteiger charge is 2.24. The molecule has 0 bridgehead atoms. The van der Waals surface area contributed by atoms with Gasteiger partial charge in [0.05, 0.1) is 23.7 Å². The minimum absolute atomic E-state index is 0.140. The normalized spacial score (nSPS) is 15.7. The van der Waals surface area contributed by atoms with Gasteiger partial charge in [-0.15, -0.1) is 0 Å². The molecule has 1 unspecified atom stereocenters. The molecule has 2 aromatic carbocycles. The Balaban J connectivity index is 1.43. The van der Waals surface area contributed by atoms with Crippen molar-refractivity contribution in [3.05, 3.63) is 59.4 Å². The van der Waals surface area contributed by atoms with Gasteiger partial charge in [-0.05, 0) is 62.6 Å². The Kier molecular flexibility index (Phi) is 7.13. The average Bonchev–Trinajstić information content (AvgIpc) is 3.17. The summed E-state index contributed by atoms with van der Waals surface area (Å²) in [6, 6.07) is 15.4. The van der Waals surface area contributed by atoms with Crippen molar-refractivity contribution in [3.63, 3.8) is 0 Å². The monoisotopic (exact) mass is 439 g/mol. The number of benzene rings is 2. The van der Waals surface area contributed by atoms with Crippen molar-refractivity contribution in [1.29, 1.82) is 0 Å². The van der Waals surface area contributed by atoms with E-state index in [1.54, 1.807) is 0 Å². The number of rotatable bonds is 8. The number of amides is 1. The van der Waals surface area contributed by atoms with Crippen LogP contribution in [0.15, 0.2) is 48.5 Å². The van der Waals surface area contributed by atoms with E-state index in [1.165, 1.54) is 6.42 Å². The number of hydrogen-bond acceptors (Lipinski definition) is 3. The van der Waals surface area contributed by atoms with Gasteiger partial charge in [-0.2, -0.15) is 0 Å². The number of carbonyl (C=O) groups excluding carboxylic acids is 1. The molecular formula is C25H30ClN3O2. The molecular weight excluding hydrogens is 410 g/mol. The number of imidazole rings is 1. The average molecular weight is 440 g/mol. The Morgan fingerprint density at radius 1 is 1.16 bits per heavy atom. The highest BCUT2D eigenvalue weighted by Crippen LogP contribution is 2.26. The van der Waals surface area contributed by atoms with Gasteiger partial charge in [-0.3, -0.25) is 4.79 Å². The first-order valence-electron chi connectivity index (χ1n) is 11.3. The molecule has 164 valence electrons. The number of nitrogens with one attached hydrogen (secondary N) is 1. The first-order chi connectivity index (χ1) is 15.1. The summed E-state index contributed by atoms with van der Waals surface area (Å²) in [5.41, 5.74) is 2.04. The molecule has 0 aliphatic heterocycles. The number of fused-ring (bicyclic) bond motifs is 1. The number of hydrogen-bond donors (Lipinski definition) is 1. The van der Waals surface area contributed by atoms with Gasteiger partial charge < -0.3 is 14.6 Å². The molecule has 1 atom stereocenters. The van der Waals surface area contributed by atoms with Gasteiger partial charge >= 0.3 is 0 Å². The SMILES string of the molecule is CC(NC(=O)C1CCCCC1)c1nc2ccccc2n1CCCOc1ccc(Cl)cc1. The minimum Gasteiger partial charge on any atom is -0.494 e. The van der Waals surface area contributed by atoms with Crippen LogP contribution in [0.25, 0.3) is 11.0 Å². The molecule has 1 aliphatic rings. The standard InChI is InChI=1S/C25H30ClN3O2/c1-18(27-25(30)19-8-3-2-4-9-19)24-28-22-10-5-6-11-23(22)29(24)16-7-17-31-21-14-12-20(26)13-15-21/h5-6,10-15,18-19H,2-4,7-9,16-17H2,1H3,(H,27,30). The number of aromatic nitrogens is 2. The topological polar surface area (TPSA) is 56.2 Å². The molecule has 1 N–H and O–H groups in total. The van der Waals surface area contributed by atoms with Crippen LogP contribution in [0.1, 0.15) is 57.3 Å².